The first kappa shape index (κ1) is 17.6. The quantitative estimate of drug-likeness (QED) is 0.582. The molecule has 1 aliphatic rings. The van der Waals surface area contributed by atoms with Crippen LogP contribution in [-0.4, -0.2) is 50.6 Å². The van der Waals surface area contributed by atoms with Gasteiger partial charge in [0.05, 0.1) is 11.0 Å². The first-order chi connectivity index (χ1) is 14.3. The van der Waals surface area contributed by atoms with Gasteiger partial charge in [0, 0.05) is 32.7 Å². The Hall–Kier alpha value is -3.45. The lowest BCUT2D eigenvalue weighted by Gasteiger charge is -2.36. The fourth-order valence-corrected chi connectivity index (χ4v) is 3.91. The Bertz CT molecular complexity index is 1110. The third-order valence-corrected chi connectivity index (χ3v) is 5.44. The monoisotopic (exact) mass is 385 g/mol. The molecule has 0 aliphatic carbocycles. The van der Waals surface area contributed by atoms with Gasteiger partial charge in [-0.15, -0.1) is 0 Å². The van der Waals surface area contributed by atoms with Crippen LogP contribution in [0.25, 0.3) is 16.9 Å². The van der Waals surface area contributed by atoms with Crippen molar-refractivity contribution >= 4 is 22.5 Å². The number of nitrogens with two attached hydrogens (primary N) is 1. The molecule has 29 heavy (non-hydrogen) atoms. The number of benzene rings is 2. The molecule has 5 rings (SSSR count). The second-order valence-corrected chi connectivity index (χ2v) is 7.29. The minimum atomic E-state index is 0.590. The highest BCUT2D eigenvalue weighted by Gasteiger charge is 2.22. The first-order valence-corrected chi connectivity index (χ1v) is 9.84. The Morgan fingerprint density at radius 1 is 0.793 bits per heavy atom. The second kappa shape index (κ2) is 7.52. The Morgan fingerprint density at radius 3 is 2.34 bits per heavy atom. The van der Waals surface area contributed by atoms with Gasteiger partial charge in [-0.25, -0.2) is 15.0 Å². The number of hydrogen-bond donors (Lipinski definition) is 1. The molecule has 1 saturated heterocycles. The van der Waals surface area contributed by atoms with Crippen LogP contribution in [-0.2, 0) is 6.54 Å². The number of nitrogen functional groups attached to an aromatic ring is 1. The van der Waals surface area contributed by atoms with E-state index < -0.39 is 0 Å². The fourth-order valence-electron chi connectivity index (χ4n) is 3.91. The van der Waals surface area contributed by atoms with Gasteiger partial charge in [-0.05, 0) is 17.7 Å². The Balaban J connectivity index is 1.36. The summed E-state index contributed by atoms with van der Waals surface area (Å²) in [5.41, 5.74) is 10.4. The van der Waals surface area contributed by atoms with Gasteiger partial charge in [0.25, 0.3) is 0 Å². The number of fused-ring (bicyclic) bond motifs is 1. The van der Waals surface area contributed by atoms with E-state index in [2.05, 4.69) is 55.1 Å². The molecular weight excluding hydrogens is 362 g/mol. The number of para-hydroxylation sites is 2. The van der Waals surface area contributed by atoms with E-state index in [9.17, 15) is 0 Å². The number of aromatic nitrogens is 4. The SMILES string of the molecule is Nc1c(N2CCN(Cc3ccccc3)CC2)ncnc1-n1cnc2ccccc21. The smallest absolute Gasteiger partial charge is 0.167 e. The lowest BCUT2D eigenvalue weighted by molar-refractivity contribution is 0.249. The minimum absolute atomic E-state index is 0.590. The van der Waals surface area contributed by atoms with Gasteiger partial charge >= 0.3 is 0 Å². The summed E-state index contributed by atoms with van der Waals surface area (Å²) in [6.45, 7) is 4.69. The normalized spacial score (nSPS) is 15.1. The molecular formula is C22H23N7. The first-order valence-electron chi connectivity index (χ1n) is 9.84. The van der Waals surface area contributed by atoms with Crippen molar-refractivity contribution in [3.8, 4) is 5.82 Å². The summed E-state index contributed by atoms with van der Waals surface area (Å²) in [7, 11) is 0. The predicted octanol–water partition coefficient (Wildman–Crippen LogP) is 2.72. The molecule has 0 atom stereocenters. The van der Waals surface area contributed by atoms with E-state index in [0.29, 0.717) is 11.5 Å². The highest BCUT2D eigenvalue weighted by Crippen LogP contribution is 2.28. The maximum absolute atomic E-state index is 6.53. The van der Waals surface area contributed by atoms with E-state index in [-0.39, 0.29) is 0 Å². The molecule has 3 heterocycles. The van der Waals surface area contributed by atoms with Crippen molar-refractivity contribution in [3.63, 3.8) is 0 Å². The molecule has 7 heteroatoms. The lowest BCUT2D eigenvalue weighted by Crippen LogP contribution is -2.46. The third kappa shape index (κ3) is 3.40. The fraction of sp³-hybridized carbons (Fsp3) is 0.227. The van der Waals surface area contributed by atoms with E-state index in [1.165, 1.54) is 5.56 Å². The number of anilines is 2. The minimum Gasteiger partial charge on any atom is -0.393 e. The maximum Gasteiger partial charge on any atom is 0.167 e. The van der Waals surface area contributed by atoms with Crippen molar-refractivity contribution in [1.29, 1.82) is 0 Å². The molecule has 4 aromatic rings. The average molecular weight is 385 g/mol. The number of rotatable bonds is 4. The lowest BCUT2D eigenvalue weighted by atomic mass is 10.2. The van der Waals surface area contributed by atoms with Gasteiger partial charge in [-0.2, -0.15) is 0 Å². The molecule has 0 amide bonds. The van der Waals surface area contributed by atoms with Crippen molar-refractivity contribution in [2.45, 2.75) is 6.54 Å². The molecule has 0 bridgehead atoms. The summed E-state index contributed by atoms with van der Waals surface area (Å²) in [5, 5.41) is 0. The summed E-state index contributed by atoms with van der Waals surface area (Å²) < 4.78 is 1.93. The van der Waals surface area contributed by atoms with Gasteiger partial charge < -0.3 is 10.6 Å². The largest absolute Gasteiger partial charge is 0.393 e. The maximum atomic E-state index is 6.53. The summed E-state index contributed by atoms with van der Waals surface area (Å²) in [6.07, 6.45) is 3.36. The Morgan fingerprint density at radius 2 is 1.52 bits per heavy atom. The second-order valence-electron chi connectivity index (χ2n) is 7.29. The zero-order valence-corrected chi connectivity index (χ0v) is 16.1. The molecule has 2 N–H and O–H groups in total. The summed E-state index contributed by atoms with van der Waals surface area (Å²) in [4.78, 5) is 18.1. The number of hydrogen-bond acceptors (Lipinski definition) is 6. The molecule has 0 saturated carbocycles. The molecule has 2 aromatic carbocycles. The van der Waals surface area contributed by atoms with Crippen molar-refractivity contribution < 1.29 is 0 Å². The molecule has 2 aromatic heterocycles. The summed E-state index contributed by atoms with van der Waals surface area (Å²) in [5.74, 6) is 1.47. The zero-order valence-electron chi connectivity index (χ0n) is 16.1. The molecule has 1 fully saturated rings. The average Bonchev–Trinajstić information content (AvgIpc) is 3.19. The third-order valence-electron chi connectivity index (χ3n) is 5.44. The zero-order chi connectivity index (χ0) is 19.6. The molecule has 0 unspecified atom stereocenters. The number of imidazole rings is 1. The highest BCUT2D eigenvalue weighted by atomic mass is 15.3. The molecule has 1 aliphatic heterocycles. The van der Waals surface area contributed by atoms with Crippen LogP contribution in [0.3, 0.4) is 0 Å². The van der Waals surface area contributed by atoms with Crippen LogP contribution in [0, 0.1) is 0 Å². The molecule has 0 radical (unpaired) electrons. The van der Waals surface area contributed by atoms with Gasteiger partial charge in [-0.3, -0.25) is 9.47 Å². The van der Waals surface area contributed by atoms with E-state index in [0.717, 1.165) is 49.6 Å². The van der Waals surface area contributed by atoms with Crippen LogP contribution in [0.15, 0.2) is 67.3 Å². The summed E-state index contributed by atoms with van der Waals surface area (Å²) in [6, 6.07) is 18.6. The predicted molar refractivity (Wildman–Crippen MR) is 115 cm³/mol. The number of piperazine rings is 1. The highest BCUT2D eigenvalue weighted by molar-refractivity contribution is 5.80. The van der Waals surface area contributed by atoms with Gasteiger partial charge in [0.1, 0.15) is 18.3 Å². The van der Waals surface area contributed by atoms with E-state index >= 15 is 0 Å². The van der Waals surface area contributed by atoms with Crippen LogP contribution in [0.1, 0.15) is 5.56 Å². The van der Waals surface area contributed by atoms with Crippen LogP contribution >= 0.6 is 0 Å². The number of nitrogens with zero attached hydrogens (tertiary/aromatic N) is 6. The van der Waals surface area contributed by atoms with E-state index in [4.69, 9.17) is 5.73 Å². The van der Waals surface area contributed by atoms with Gasteiger partial charge in [-0.1, -0.05) is 42.5 Å². The molecule has 146 valence electrons. The Labute approximate surface area is 169 Å². The van der Waals surface area contributed by atoms with Crippen molar-refractivity contribution in [3.05, 3.63) is 72.8 Å². The van der Waals surface area contributed by atoms with Crippen LogP contribution in [0.5, 0.6) is 0 Å². The van der Waals surface area contributed by atoms with Crippen LogP contribution in [0.2, 0.25) is 0 Å². The molecule has 0 spiro atoms. The van der Waals surface area contributed by atoms with Crippen LogP contribution in [0.4, 0.5) is 11.5 Å². The molecule has 7 nitrogen and oxygen atoms in total. The van der Waals surface area contributed by atoms with E-state index in [1.54, 1.807) is 12.7 Å². The Kier molecular flexibility index (Phi) is 4.57. The standard InChI is InChI=1S/C22H23N7/c23-20-21(28-12-10-27(11-13-28)14-17-6-2-1-3-7-17)24-15-25-22(20)29-16-26-18-8-4-5-9-19(18)29/h1-9,15-16H,10-14,23H2. The summed E-state index contributed by atoms with van der Waals surface area (Å²) >= 11 is 0. The van der Waals surface area contributed by atoms with Gasteiger partial charge in [0.2, 0.25) is 0 Å². The van der Waals surface area contributed by atoms with Crippen LogP contribution < -0.4 is 10.6 Å². The van der Waals surface area contributed by atoms with Crippen molar-refractivity contribution in [2.24, 2.45) is 0 Å². The van der Waals surface area contributed by atoms with Crippen molar-refractivity contribution in [2.75, 3.05) is 36.8 Å². The van der Waals surface area contributed by atoms with Crippen molar-refractivity contribution in [1.82, 2.24) is 24.4 Å². The van der Waals surface area contributed by atoms with Gasteiger partial charge in [0.15, 0.2) is 11.6 Å². The topological polar surface area (TPSA) is 76.1 Å². The van der Waals surface area contributed by atoms with E-state index in [1.807, 2.05) is 28.8 Å².